The fourth-order valence-corrected chi connectivity index (χ4v) is 2.93. The van der Waals surface area contributed by atoms with E-state index in [0.717, 1.165) is 5.56 Å². The van der Waals surface area contributed by atoms with Crippen LogP contribution in [-0.4, -0.2) is 38.6 Å². The van der Waals surface area contributed by atoms with Crippen LogP contribution in [0, 0.1) is 0 Å². The number of hydrogen-bond donors (Lipinski definition) is 3. The number of nitrogens with zero attached hydrogens (tertiary/aromatic N) is 1. The Morgan fingerprint density at radius 2 is 2.08 bits per heavy atom. The van der Waals surface area contributed by atoms with Crippen LogP contribution in [0.15, 0.2) is 46.1 Å². The van der Waals surface area contributed by atoms with E-state index >= 15 is 0 Å². The molecule has 0 spiro atoms. The summed E-state index contributed by atoms with van der Waals surface area (Å²) in [5.41, 5.74) is -1.64. The number of hydrogen-bond acceptors (Lipinski definition) is 6. The monoisotopic (exact) mass is 348 g/mol. The lowest BCUT2D eigenvalue weighted by Crippen LogP contribution is -2.42. The van der Waals surface area contributed by atoms with Gasteiger partial charge in [-0.05, 0) is 12.5 Å². The van der Waals surface area contributed by atoms with Gasteiger partial charge in [0.25, 0.3) is 5.56 Å². The van der Waals surface area contributed by atoms with Crippen LogP contribution in [0.3, 0.4) is 0 Å². The molecule has 1 aliphatic rings. The SMILES string of the molecule is C[C@]1(n2cc(OCc3ccccc3)c(=O)[nH]c2=O)C[C@H](O)[C@@H](CO)O1. The molecule has 0 aliphatic carbocycles. The van der Waals surface area contributed by atoms with Crippen molar-refractivity contribution in [3.05, 3.63) is 62.9 Å². The summed E-state index contributed by atoms with van der Waals surface area (Å²) in [5, 5.41) is 19.2. The van der Waals surface area contributed by atoms with Gasteiger partial charge in [0.2, 0.25) is 5.75 Å². The molecule has 0 bridgehead atoms. The molecule has 1 aromatic carbocycles. The van der Waals surface area contributed by atoms with E-state index in [1.54, 1.807) is 6.92 Å². The van der Waals surface area contributed by atoms with E-state index in [1.165, 1.54) is 10.8 Å². The van der Waals surface area contributed by atoms with Gasteiger partial charge in [0.15, 0.2) is 0 Å². The smallest absolute Gasteiger partial charge is 0.330 e. The average molecular weight is 348 g/mol. The highest BCUT2D eigenvalue weighted by Gasteiger charge is 2.44. The predicted molar refractivity (Wildman–Crippen MR) is 88.3 cm³/mol. The first kappa shape index (κ1) is 17.4. The van der Waals surface area contributed by atoms with Crippen LogP contribution in [0.1, 0.15) is 18.9 Å². The molecule has 0 unspecified atom stereocenters. The van der Waals surface area contributed by atoms with Gasteiger partial charge in [0.05, 0.1) is 18.9 Å². The molecule has 3 atom stereocenters. The zero-order valence-corrected chi connectivity index (χ0v) is 13.7. The summed E-state index contributed by atoms with van der Waals surface area (Å²) < 4.78 is 12.3. The van der Waals surface area contributed by atoms with Crippen LogP contribution in [0.5, 0.6) is 5.75 Å². The molecular formula is C17H20N2O6. The van der Waals surface area contributed by atoms with Crippen molar-refractivity contribution in [1.29, 1.82) is 0 Å². The molecule has 1 saturated heterocycles. The number of aliphatic hydroxyl groups excluding tert-OH is 2. The third-order valence-electron chi connectivity index (χ3n) is 4.26. The second-order valence-electron chi connectivity index (χ2n) is 6.18. The number of rotatable bonds is 5. The molecule has 134 valence electrons. The van der Waals surface area contributed by atoms with Crippen LogP contribution in [-0.2, 0) is 17.1 Å². The fraction of sp³-hybridized carbons (Fsp3) is 0.412. The quantitative estimate of drug-likeness (QED) is 0.697. The summed E-state index contributed by atoms with van der Waals surface area (Å²) in [6, 6.07) is 9.29. The highest BCUT2D eigenvalue weighted by atomic mass is 16.6. The number of H-pyrrole nitrogens is 1. The van der Waals surface area contributed by atoms with Crippen LogP contribution >= 0.6 is 0 Å². The summed E-state index contributed by atoms with van der Waals surface area (Å²) in [5.74, 6) is -0.0322. The highest BCUT2D eigenvalue weighted by Crippen LogP contribution is 2.33. The summed E-state index contributed by atoms with van der Waals surface area (Å²) in [7, 11) is 0. The van der Waals surface area contributed by atoms with Crippen LogP contribution in [0.2, 0.25) is 0 Å². The first-order chi connectivity index (χ1) is 11.9. The molecule has 1 aliphatic heterocycles. The molecule has 1 aromatic heterocycles. The fourth-order valence-electron chi connectivity index (χ4n) is 2.93. The second kappa shape index (κ2) is 6.83. The van der Waals surface area contributed by atoms with Gasteiger partial charge in [0.1, 0.15) is 18.4 Å². The maximum absolute atomic E-state index is 12.2. The molecule has 8 nitrogen and oxygen atoms in total. The van der Waals surface area contributed by atoms with Gasteiger partial charge < -0.3 is 19.7 Å². The first-order valence-electron chi connectivity index (χ1n) is 7.93. The van der Waals surface area contributed by atoms with Crippen molar-refractivity contribution in [2.45, 2.75) is 37.9 Å². The van der Waals surface area contributed by atoms with E-state index in [4.69, 9.17) is 9.47 Å². The molecule has 2 heterocycles. The third kappa shape index (κ3) is 3.51. The molecule has 1 fully saturated rings. The molecule has 3 rings (SSSR count). The summed E-state index contributed by atoms with van der Waals surface area (Å²) in [4.78, 5) is 26.4. The molecule has 25 heavy (non-hydrogen) atoms. The summed E-state index contributed by atoms with van der Waals surface area (Å²) in [6.07, 6.45) is -0.334. The van der Waals surface area contributed by atoms with Crippen molar-refractivity contribution in [2.24, 2.45) is 0 Å². The van der Waals surface area contributed by atoms with Gasteiger partial charge in [-0.1, -0.05) is 30.3 Å². The van der Waals surface area contributed by atoms with Crippen LogP contribution in [0.25, 0.3) is 0 Å². The minimum atomic E-state index is -1.20. The lowest BCUT2D eigenvalue weighted by molar-refractivity contribution is -0.108. The Kier molecular flexibility index (Phi) is 4.76. The Balaban J connectivity index is 1.88. The minimum absolute atomic E-state index is 0.0322. The van der Waals surface area contributed by atoms with Gasteiger partial charge >= 0.3 is 5.69 Å². The third-order valence-corrected chi connectivity index (χ3v) is 4.26. The number of aliphatic hydroxyl groups is 2. The van der Waals surface area contributed by atoms with E-state index in [0.29, 0.717) is 0 Å². The van der Waals surface area contributed by atoms with Gasteiger partial charge in [-0.2, -0.15) is 0 Å². The lowest BCUT2D eigenvalue weighted by atomic mass is 10.1. The molecule has 8 heteroatoms. The van der Waals surface area contributed by atoms with Crippen molar-refractivity contribution in [1.82, 2.24) is 9.55 Å². The Morgan fingerprint density at radius 1 is 1.36 bits per heavy atom. The minimum Gasteiger partial charge on any atom is -0.482 e. The zero-order valence-electron chi connectivity index (χ0n) is 13.7. The van der Waals surface area contributed by atoms with Gasteiger partial charge in [0, 0.05) is 6.42 Å². The van der Waals surface area contributed by atoms with E-state index < -0.39 is 29.2 Å². The number of ether oxygens (including phenoxy) is 2. The van der Waals surface area contributed by atoms with Crippen molar-refractivity contribution in [2.75, 3.05) is 6.61 Å². The summed E-state index contributed by atoms with van der Waals surface area (Å²) >= 11 is 0. The predicted octanol–water partition coefficient (Wildman–Crippen LogP) is -0.0696. The van der Waals surface area contributed by atoms with Crippen molar-refractivity contribution in [3.63, 3.8) is 0 Å². The van der Waals surface area contributed by atoms with Crippen molar-refractivity contribution >= 4 is 0 Å². The molecular weight excluding hydrogens is 328 g/mol. The zero-order chi connectivity index (χ0) is 18.0. The van der Waals surface area contributed by atoms with E-state index in [9.17, 15) is 19.8 Å². The van der Waals surface area contributed by atoms with Gasteiger partial charge in [-0.25, -0.2) is 4.79 Å². The van der Waals surface area contributed by atoms with E-state index in [2.05, 4.69) is 4.98 Å². The maximum atomic E-state index is 12.2. The summed E-state index contributed by atoms with van der Waals surface area (Å²) in [6.45, 7) is 1.40. The van der Waals surface area contributed by atoms with Crippen molar-refractivity contribution < 1.29 is 19.7 Å². The lowest BCUT2D eigenvalue weighted by Gasteiger charge is -2.26. The topological polar surface area (TPSA) is 114 Å². The number of aromatic nitrogens is 2. The molecule has 0 radical (unpaired) electrons. The Hall–Kier alpha value is -2.42. The normalized spacial score (nSPS) is 25.9. The molecule has 2 aromatic rings. The number of benzene rings is 1. The van der Waals surface area contributed by atoms with Gasteiger partial charge in [-0.3, -0.25) is 14.3 Å². The van der Waals surface area contributed by atoms with E-state index in [-0.39, 0.29) is 25.4 Å². The van der Waals surface area contributed by atoms with E-state index in [1.807, 2.05) is 30.3 Å². The second-order valence-corrected chi connectivity index (χ2v) is 6.18. The molecule has 0 amide bonds. The first-order valence-corrected chi connectivity index (χ1v) is 7.93. The Bertz CT molecular complexity index is 846. The molecule has 3 N–H and O–H groups in total. The molecule has 0 saturated carbocycles. The van der Waals surface area contributed by atoms with Crippen LogP contribution in [0.4, 0.5) is 0 Å². The van der Waals surface area contributed by atoms with Crippen LogP contribution < -0.4 is 16.0 Å². The highest BCUT2D eigenvalue weighted by molar-refractivity contribution is 5.17. The average Bonchev–Trinajstić information content (AvgIpc) is 2.89. The Morgan fingerprint density at radius 3 is 2.72 bits per heavy atom. The standard InChI is InChI=1S/C17H20N2O6/c1-17(7-12(21)14(9-20)25-17)19-8-13(15(22)18-16(19)23)24-10-11-5-3-2-4-6-11/h2-6,8,12,14,20-21H,7,9-10H2,1H3,(H,18,22,23)/t12-,14+,17+/m0/s1. The maximum Gasteiger partial charge on any atom is 0.330 e. The largest absolute Gasteiger partial charge is 0.482 e. The Labute approximate surface area is 143 Å². The number of nitrogens with one attached hydrogen (secondary N) is 1. The van der Waals surface area contributed by atoms with Gasteiger partial charge in [-0.15, -0.1) is 0 Å². The van der Waals surface area contributed by atoms with Crippen molar-refractivity contribution in [3.8, 4) is 5.75 Å². The number of aromatic amines is 1.